The lowest BCUT2D eigenvalue weighted by Crippen LogP contribution is -2.12. The van der Waals surface area contributed by atoms with Gasteiger partial charge in [-0.05, 0) is 30.7 Å². The van der Waals surface area contributed by atoms with Crippen molar-refractivity contribution >= 4 is 28.5 Å². The van der Waals surface area contributed by atoms with E-state index in [1.165, 1.54) is 11.3 Å². The van der Waals surface area contributed by atoms with Crippen LogP contribution in [-0.2, 0) is 0 Å². The van der Waals surface area contributed by atoms with E-state index in [2.05, 4.69) is 15.5 Å². The number of carbonyl (C=O) groups is 1. The zero-order chi connectivity index (χ0) is 19.1. The number of aromatic nitrogens is 1. The summed E-state index contributed by atoms with van der Waals surface area (Å²) in [5.41, 5.74) is 5.28. The van der Waals surface area contributed by atoms with Crippen molar-refractivity contribution in [2.45, 2.75) is 6.92 Å². The molecule has 0 aliphatic rings. The van der Waals surface area contributed by atoms with Crippen LogP contribution >= 0.6 is 11.3 Å². The van der Waals surface area contributed by atoms with E-state index in [0.717, 1.165) is 16.4 Å². The van der Waals surface area contributed by atoms with E-state index >= 15 is 0 Å². The van der Waals surface area contributed by atoms with E-state index < -0.39 is 0 Å². The van der Waals surface area contributed by atoms with Crippen molar-refractivity contribution in [3.8, 4) is 11.5 Å². The number of ketones is 1. The summed E-state index contributed by atoms with van der Waals surface area (Å²) in [4.78, 5) is 16.4. The number of nitrogens with one attached hydrogen (secondary N) is 1. The highest BCUT2D eigenvalue weighted by atomic mass is 32.1. The maximum Gasteiger partial charge on any atom is 0.203 e. The average Bonchev–Trinajstić information content (AvgIpc) is 3.12. The molecule has 0 saturated carbocycles. The fraction of sp³-hybridized carbons (Fsp3) is 0.150. The summed E-state index contributed by atoms with van der Waals surface area (Å²) in [6, 6.07) is 14.4. The molecule has 138 valence electrons. The van der Waals surface area contributed by atoms with Crippen LogP contribution in [0.1, 0.15) is 21.6 Å². The van der Waals surface area contributed by atoms with Gasteiger partial charge in [0, 0.05) is 10.9 Å². The molecule has 6 nitrogen and oxygen atoms in total. The maximum atomic E-state index is 12.2. The minimum atomic E-state index is -0.0915. The van der Waals surface area contributed by atoms with Crippen molar-refractivity contribution in [2.24, 2.45) is 5.10 Å². The Bertz CT molecular complexity index is 939. The fourth-order valence-electron chi connectivity index (χ4n) is 2.30. The number of carbonyl (C=O) groups excluding carboxylic acids is 1. The molecule has 3 rings (SSSR count). The van der Waals surface area contributed by atoms with Crippen LogP contribution in [-0.4, -0.2) is 30.7 Å². The zero-order valence-corrected chi connectivity index (χ0v) is 15.8. The number of hydrogen-bond acceptors (Lipinski definition) is 7. The number of Topliss-reactive ketones (excluding diaryl/α,β-unsaturated/α-hetero) is 1. The molecule has 0 fully saturated rings. The van der Waals surface area contributed by atoms with Gasteiger partial charge in [0.15, 0.2) is 23.9 Å². The second-order valence-corrected chi connectivity index (χ2v) is 6.51. The predicted molar refractivity (Wildman–Crippen MR) is 107 cm³/mol. The number of aryl methyl sites for hydroxylation is 1. The Balaban J connectivity index is 1.62. The second kappa shape index (κ2) is 8.95. The summed E-state index contributed by atoms with van der Waals surface area (Å²) >= 11 is 1.49. The summed E-state index contributed by atoms with van der Waals surface area (Å²) in [6.07, 6.45) is 1.66. The average molecular weight is 381 g/mol. The Morgan fingerprint density at radius 2 is 2.04 bits per heavy atom. The lowest BCUT2D eigenvalue weighted by molar-refractivity contribution is 0.0919. The van der Waals surface area contributed by atoms with Gasteiger partial charge in [0.2, 0.25) is 5.13 Å². The molecule has 0 atom stereocenters. The van der Waals surface area contributed by atoms with Gasteiger partial charge in [0.1, 0.15) is 0 Å². The van der Waals surface area contributed by atoms with Crippen LogP contribution in [0.15, 0.2) is 59.0 Å². The Morgan fingerprint density at radius 1 is 1.22 bits per heavy atom. The molecular weight excluding hydrogens is 362 g/mol. The van der Waals surface area contributed by atoms with Crippen LogP contribution in [0.2, 0.25) is 0 Å². The lowest BCUT2D eigenvalue weighted by atomic mass is 10.1. The first kappa shape index (κ1) is 18.6. The largest absolute Gasteiger partial charge is 0.493 e. The molecule has 0 aliphatic carbocycles. The molecule has 0 saturated heterocycles. The summed E-state index contributed by atoms with van der Waals surface area (Å²) in [5.74, 6) is 0.943. The number of methoxy groups -OCH3 is 1. The molecule has 1 aromatic heterocycles. The molecule has 1 heterocycles. The lowest BCUT2D eigenvalue weighted by Gasteiger charge is -2.10. The third-order valence-corrected chi connectivity index (χ3v) is 4.50. The molecule has 0 aliphatic heterocycles. The zero-order valence-electron chi connectivity index (χ0n) is 15.0. The smallest absolute Gasteiger partial charge is 0.203 e. The number of thiazole rings is 1. The third-order valence-electron chi connectivity index (χ3n) is 3.64. The number of benzene rings is 2. The highest BCUT2D eigenvalue weighted by Gasteiger charge is 2.10. The summed E-state index contributed by atoms with van der Waals surface area (Å²) in [5, 5.41) is 6.85. The summed E-state index contributed by atoms with van der Waals surface area (Å²) in [7, 11) is 1.55. The molecule has 0 unspecified atom stereocenters. The van der Waals surface area contributed by atoms with Crippen LogP contribution in [0.3, 0.4) is 0 Å². The topological polar surface area (TPSA) is 72.8 Å². The number of anilines is 1. The van der Waals surface area contributed by atoms with E-state index in [1.54, 1.807) is 37.6 Å². The highest BCUT2D eigenvalue weighted by Crippen LogP contribution is 2.27. The minimum absolute atomic E-state index is 0.0568. The standard InChI is InChI=1S/C20H19N3O3S/c1-14-13-27-20(22-14)23-21-11-15-8-9-18(19(10-15)25-2)26-12-17(24)16-6-4-3-5-7-16/h3-11,13H,12H2,1-2H3,(H,22,23). The van der Waals surface area contributed by atoms with Crippen molar-refractivity contribution < 1.29 is 14.3 Å². The van der Waals surface area contributed by atoms with Gasteiger partial charge in [-0.1, -0.05) is 30.3 Å². The molecule has 27 heavy (non-hydrogen) atoms. The minimum Gasteiger partial charge on any atom is -0.493 e. The van der Waals surface area contributed by atoms with Gasteiger partial charge >= 0.3 is 0 Å². The second-order valence-electron chi connectivity index (χ2n) is 5.65. The van der Waals surface area contributed by atoms with Crippen LogP contribution in [0.4, 0.5) is 5.13 Å². The molecule has 0 spiro atoms. The summed E-state index contributed by atoms with van der Waals surface area (Å²) < 4.78 is 11.0. The molecule has 0 bridgehead atoms. The van der Waals surface area contributed by atoms with Crippen molar-refractivity contribution in [1.82, 2.24) is 4.98 Å². The Kier molecular flexibility index (Phi) is 6.17. The Morgan fingerprint density at radius 3 is 2.74 bits per heavy atom. The monoisotopic (exact) mass is 381 g/mol. The Hall–Kier alpha value is -3.19. The molecule has 3 aromatic rings. The van der Waals surface area contributed by atoms with E-state index in [4.69, 9.17) is 9.47 Å². The van der Waals surface area contributed by atoms with Gasteiger partial charge in [-0.3, -0.25) is 10.2 Å². The normalized spacial score (nSPS) is 10.7. The van der Waals surface area contributed by atoms with Crippen molar-refractivity contribution in [3.05, 3.63) is 70.7 Å². The van der Waals surface area contributed by atoms with Gasteiger partial charge in [-0.15, -0.1) is 11.3 Å². The first-order valence-corrected chi connectivity index (χ1v) is 9.14. The first-order chi connectivity index (χ1) is 13.2. The van der Waals surface area contributed by atoms with E-state index in [9.17, 15) is 4.79 Å². The van der Waals surface area contributed by atoms with Crippen LogP contribution in [0.25, 0.3) is 0 Å². The number of nitrogens with zero attached hydrogens (tertiary/aromatic N) is 2. The molecule has 0 radical (unpaired) electrons. The first-order valence-electron chi connectivity index (χ1n) is 8.26. The summed E-state index contributed by atoms with van der Waals surface area (Å²) in [6.45, 7) is 1.87. The van der Waals surface area contributed by atoms with Crippen molar-refractivity contribution in [3.63, 3.8) is 0 Å². The van der Waals surface area contributed by atoms with Crippen molar-refractivity contribution in [1.29, 1.82) is 0 Å². The molecule has 0 amide bonds. The predicted octanol–water partition coefficient (Wildman–Crippen LogP) is 4.17. The van der Waals surface area contributed by atoms with Gasteiger partial charge in [-0.2, -0.15) is 5.10 Å². The van der Waals surface area contributed by atoms with Crippen LogP contribution in [0, 0.1) is 6.92 Å². The quantitative estimate of drug-likeness (QED) is 0.360. The molecular formula is C20H19N3O3S. The molecule has 7 heteroatoms. The Labute approximate surface area is 161 Å². The number of hydrazone groups is 1. The number of rotatable bonds is 8. The van der Waals surface area contributed by atoms with Gasteiger partial charge in [-0.25, -0.2) is 4.98 Å². The van der Waals surface area contributed by atoms with E-state index in [1.807, 2.05) is 36.6 Å². The van der Waals surface area contributed by atoms with Crippen molar-refractivity contribution in [2.75, 3.05) is 19.1 Å². The van der Waals surface area contributed by atoms with Gasteiger partial charge in [0.05, 0.1) is 19.0 Å². The van der Waals surface area contributed by atoms with E-state index in [-0.39, 0.29) is 12.4 Å². The highest BCUT2D eigenvalue weighted by molar-refractivity contribution is 7.13. The van der Waals surface area contributed by atoms with E-state index in [0.29, 0.717) is 17.1 Å². The van der Waals surface area contributed by atoms with Gasteiger partial charge in [0.25, 0.3) is 0 Å². The van der Waals surface area contributed by atoms with Crippen LogP contribution in [0.5, 0.6) is 11.5 Å². The SMILES string of the molecule is COc1cc(C=NNc2nc(C)cs2)ccc1OCC(=O)c1ccccc1. The third kappa shape index (κ3) is 5.15. The number of hydrogen-bond donors (Lipinski definition) is 1. The maximum absolute atomic E-state index is 12.2. The fourth-order valence-corrected chi connectivity index (χ4v) is 2.94. The van der Waals surface area contributed by atoms with Crippen LogP contribution < -0.4 is 14.9 Å². The molecule has 2 aromatic carbocycles. The van der Waals surface area contributed by atoms with Gasteiger partial charge < -0.3 is 9.47 Å². The molecule has 1 N–H and O–H groups in total. The number of ether oxygens (including phenoxy) is 2.